The number of hydrogen-bond acceptors (Lipinski definition) is 4. The third-order valence-corrected chi connectivity index (χ3v) is 3.85. The lowest BCUT2D eigenvalue weighted by Gasteiger charge is -2.25. The highest BCUT2D eigenvalue weighted by Gasteiger charge is 2.17. The number of piperidine rings is 1. The van der Waals surface area contributed by atoms with Crippen molar-refractivity contribution in [3.8, 4) is 17.4 Å². The van der Waals surface area contributed by atoms with Gasteiger partial charge in [-0.25, -0.2) is 9.78 Å². The summed E-state index contributed by atoms with van der Waals surface area (Å²) in [7, 11) is 0. The SMILES string of the molecule is O=C(O)N1CCC(=Cc2cccc(Oc3ccc(O)cn3)c2)CC1. The van der Waals surface area contributed by atoms with Gasteiger partial charge in [-0.2, -0.15) is 0 Å². The number of rotatable bonds is 3. The minimum absolute atomic E-state index is 0.0912. The zero-order valence-corrected chi connectivity index (χ0v) is 13.1. The lowest BCUT2D eigenvalue weighted by atomic mass is 10.0. The fourth-order valence-corrected chi connectivity index (χ4v) is 2.59. The Morgan fingerprint density at radius 3 is 2.67 bits per heavy atom. The summed E-state index contributed by atoms with van der Waals surface area (Å²) in [5.74, 6) is 1.16. The first kappa shape index (κ1) is 15.9. The molecule has 1 aliphatic rings. The van der Waals surface area contributed by atoms with Gasteiger partial charge in [0.1, 0.15) is 11.5 Å². The van der Waals surface area contributed by atoms with Gasteiger partial charge in [0.05, 0.1) is 6.20 Å². The molecular weight excluding hydrogens is 308 g/mol. The van der Waals surface area contributed by atoms with Crippen molar-refractivity contribution in [3.05, 3.63) is 53.7 Å². The normalized spacial score (nSPS) is 14.3. The van der Waals surface area contributed by atoms with Gasteiger partial charge in [0, 0.05) is 19.2 Å². The zero-order chi connectivity index (χ0) is 16.9. The monoisotopic (exact) mass is 326 g/mol. The number of amides is 1. The van der Waals surface area contributed by atoms with E-state index in [0.29, 0.717) is 24.7 Å². The van der Waals surface area contributed by atoms with Crippen LogP contribution in [0.15, 0.2) is 48.2 Å². The first-order valence-corrected chi connectivity index (χ1v) is 7.70. The van der Waals surface area contributed by atoms with Gasteiger partial charge in [-0.05, 0) is 36.6 Å². The molecule has 1 amide bonds. The number of aromatic nitrogens is 1. The van der Waals surface area contributed by atoms with Crippen molar-refractivity contribution in [3.63, 3.8) is 0 Å². The van der Waals surface area contributed by atoms with Crippen LogP contribution in [-0.2, 0) is 0 Å². The number of carboxylic acid groups (broad SMARTS) is 1. The van der Waals surface area contributed by atoms with E-state index in [2.05, 4.69) is 11.1 Å². The molecule has 24 heavy (non-hydrogen) atoms. The van der Waals surface area contributed by atoms with Crippen LogP contribution in [0.5, 0.6) is 17.4 Å². The average molecular weight is 326 g/mol. The number of carbonyl (C=O) groups is 1. The second-order valence-electron chi connectivity index (χ2n) is 5.60. The van der Waals surface area contributed by atoms with Crippen LogP contribution in [0, 0.1) is 0 Å². The Morgan fingerprint density at radius 1 is 1.21 bits per heavy atom. The van der Waals surface area contributed by atoms with E-state index in [1.807, 2.05) is 24.3 Å². The third-order valence-electron chi connectivity index (χ3n) is 3.85. The topological polar surface area (TPSA) is 82.9 Å². The Bertz CT molecular complexity index is 746. The van der Waals surface area contributed by atoms with Crippen LogP contribution < -0.4 is 4.74 Å². The second-order valence-corrected chi connectivity index (χ2v) is 5.60. The molecular formula is C18H18N2O4. The van der Waals surface area contributed by atoms with Crippen molar-refractivity contribution in [2.24, 2.45) is 0 Å². The molecule has 2 heterocycles. The predicted molar refractivity (Wildman–Crippen MR) is 89.2 cm³/mol. The summed E-state index contributed by atoms with van der Waals surface area (Å²) >= 11 is 0. The van der Waals surface area contributed by atoms with Crippen LogP contribution in [0.3, 0.4) is 0 Å². The molecule has 0 bridgehead atoms. The van der Waals surface area contributed by atoms with E-state index in [4.69, 9.17) is 9.84 Å². The minimum atomic E-state index is -0.856. The molecule has 1 saturated heterocycles. The molecule has 0 unspecified atom stereocenters. The Labute approximate surface area is 139 Å². The van der Waals surface area contributed by atoms with Gasteiger partial charge in [-0.1, -0.05) is 23.8 Å². The average Bonchev–Trinajstić information content (AvgIpc) is 2.58. The van der Waals surface area contributed by atoms with Crippen molar-refractivity contribution in [2.75, 3.05) is 13.1 Å². The van der Waals surface area contributed by atoms with E-state index in [0.717, 1.165) is 18.4 Å². The summed E-state index contributed by atoms with van der Waals surface area (Å²) in [6, 6.07) is 10.7. The van der Waals surface area contributed by atoms with Crippen molar-refractivity contribution in [1.29, 1.82) is 0 Å². The summed E-state index contributed by atoms with van der Waals surface area (Å²) in [5.41, 5.74) is 2.23. The molecule has 1 aromatic heterocycles. The lowest BCUT2D eigenvalue weighted by molar-refractivity contribution is 0.142. The second kappa shape index (κ2) is 7.04. The van der Waals surface area contributed by atoms with Crippen molar-refractivity contribution in [2.45, 2.75) is 12.8 Å². The molecule has 6 heteroatoms. The fourth-order valence-electron chi connectivity index (χ4n) is 2.59. The maximum absolute atomic E-state index is 10.9. The summed E-state index contributed by atoms with van der Waals surface area (Å²) in [6.07, 6.45) is 4.05. The summed E-state index contributed by atoms with van der Waals surface area (Å²) in [6.45, 7) is 1.07. The Morgan fingerprint density at radius 2 is 2.00 bits per heavy atom. The van der Waals surface area contributed by atoms with Crippen molar-refractivity contribution < 1.29 is 19.7 Å². The Hall–Kier alpha value is -3.02. The van der Waals surface area contributed by atoms with Crippen LogP contribution in [0.1, 0.15) is 18.4 Å². The van der Waals surface area contributed by atoms with E-state index in [1.54, 1.807) is 6.07 Å². The van der Waals surface area contributed by atoms with E-state index in [-0.39, 0.29) is 5.75 Å². The number of likely N-dealkylation sites (tertiary alicyclic amines) is 1. The van der Waals surface area contributed by atoms with Crippen LogP contribution in [-0.4, -0.2) is 39.3 Å². The van der Waals surface area contributed by atoms with Gasteiger partial charge in [-0.15, -0.1) is 0 Å². The molecule has 2 aromatic rings. The van der Waals surface area contributed by atoms with Gasteiger partial charge in [0.25, 0.3) is 0 Å². The maximum atomic E-state index is 10.9. The first-order valence-electron chi connectivity index (χ1n) is 7.70. The van der Waals surface area contributed by atoms with E-state index < -0.39 is 6.09 Å². The van der Waals surface area contributed by atoms with E-state index in [9.17, 15) is 9.90 Å². The molecule has 2 N–H and O–H groups in total. The molecule has 1 aliphatic heterocycles. The number of aromatic hydroxyl groups is 1. The number of benzene rings is 1. The van der Waals surface area contributed by atoms with Crippen molar-refractivity contribution in [1.82, 2.24) is 9.88 Å². The molecule has 1 aromatic carbocycles. The van der Waals surface area contributed by atoms with Gasteiger partial charge in [-0.3, -0.25) is 0 Å². The summed E-state index contributed by atoms with van der Waals surface area (Å²) in [5, 5.41) is 18.2. The number of ether oxygens (including phenoxy) is 1. The summed E-state index contributed by atoms with van der Waals surface area (Å²) < 4.78 is 5.67. The molecule has 124 valence electrons. The standard InChI is InChI=1S/C18H18N2O4/c21-15-4-5-17(19-12-15)24-16-3-1-2-14(11-16)10-13-6-8-20(9-7-13)18(22)23/h1-5,10-12,21H,6-9H2,(H,22,23). The Kier molecular flexibility index (Phi) is 4.65. The van der Waals surface area contributed by atoms with Crippen LogP contribution in [0.4, 0.5) is 4.79 Å². The van der Waals surface area contributed by atoms with Gasteiger partial charge >= 0.3 is 6.09 Å². The van der Waals surface area contributed by atoms with E-state index >= 15 is 0 Å². The highest BCUT2D eigenvalue weighted by Crippen LogP contribution is 2.24. The molecule has 0 radical (unpaired) electrons. The molecule has 0 saturated carbocycles. The molecule has 0 atom stereocenters. The lowest BCUT2D eigenvalue weighted by Crippen LogP contribution is -2.35. The fraction of sp³-hybridized carbons (Fsp3) is 0.222. The third kappa shape index (κ3) is 4.04. The van der Waals surface area contributed by atoms with Crippen LogP contribution >= 0.6 is 0 Å². The quantitative estimate of drug-likeness (QED) is 0.898. The van der Waals surface area contributed by atoms with E-state index in [1.165, 1.54) is 22.7 Å². The van der Waals surface area contributed by atoms with Gasteiger partial charge in [0.2, 0.25) is 5.88 Å². The highest BCUT2D eigenvalue weighted by atomic mass is 16.5. The highest BCUT2D eigenvalue weighted by molar-refractivity contribution is 5.65. The molecule has 0 spiro atoms. The Balaban J connectivity index is 1.68. The molecule has 3 rings (SSSR count). The smallest absolute Gasteiger partial charge is 0.407 e. The van der Waals surface area contributed by atoms with Crippen LogP contribution in [0.2, 0.25) is 0 Å². The number of pyridine rings is 1. The number of hydrogen-bond donors (Lipinski definition) is 2. The van der Waals surface area contributed by atoms with Gasteiger partial charge < -0.3 is 19.8 Å². The zero-order valence-electron chi connectivity index (χ0n) is 13.1. The largest absolute Gasteiger partial charge is 0.506 e. The number of nitrogens with zero attached hydrogens (tertiary/aromatic N) is 2. The van der Waals surface area contributed by atoms with Gasteiger partial charge in [0.15, 0.2) is 0 Å². The molecule has 0 aliphatic carbocycles. The maximum Gasteiger partial charge on any atom is 0.407 e. The van der Waals surface area contributed by atoms with Crippen LogP contribution in [0.25, 0.3) is 6.08 Å². The molecule has 1 fully saturated rings. The molecule has 6 nitrogen and oxygen atoms in total. The predicted octanol–water partition coefficient (Wildman–Crippen LogP) is 3.74. The first-order chi connectivity index (χ1) is 11.6. The minimum Gasteiger partial charge on any atom is -0.506 e. The van der Waals surface area contributed by atoms with Crippen molar-refractivity contribution >= 4 is 12.2 Å². The summed E-state index contributed by atoms with van der Waals surface area (Å²) in [4.78, 5) is 16.4.